The first-order valence-electron chi connectivity index (χ1n) is 5.62. The zero-order chi connectivity index (χ0) is 11.5. The third kappa shape index (κ3) is 2.17. The standard InChI is InChI=1S/C12H18N4/c1-8(2)11(7-13)16-12-14-9-5-3-4-6-10(9)15-12/h3-6,8,11H,7,13H2,1-2H3,(H2,14,15,16). The highest BCUT2D eigenvalue weighted by atomic mass is 15.1. The van der Waals surface area contributed by atoms with Crippen molar-refractivity contribution in [2.45, 2.75) is 19.9 Å². The van der Waals surface area contributed by atoms with Crippen LogP contribution in [-0.4, -0.2) is 22.6 Å². The molecule has 4 nitrogen and oxygen atoms in total. The molecule has 0 spiro atoms. The molecule has 0 fully saturated rings. The van der Waals surface area contributed by atoms with Crippen LogP contribution in [0.4, 0.5) is 5.95 Å². The molecule has 1 unspecified atom stereocenters. The highest BCUT2D eigenvalue weighted by molar-refractivity contribution is 5.77. The predicted molar refractivity (Wildman–Crippen MR) is 67.4 cm³/mol. The molecule has 1 atom stereocenters. The van der Waals surface area contributed by atoms with E-state index >= 15 is 0 Å². The summed E-state index contributed by atoms with van der Waals surface area (Å²) in [6.45, 7) is 4.90. The van der Waals surface area contributed by atoms with Crippen LogP contribution in [-0.2, 0) is 0 Å². The summed E-state index contributed by atoms with van der Waals surface area (Å²) in [5, 5.41) is 3.33. The van der Waals surface area contributed by atoms with Gasteiger partial charge in [0.1, 0.15) is 0 Å². The fraction of sp³-hybridized carbons (Fsp3) is 0.417. The molecule has 0 radical (unpaired) electrons. The van der Waals surface area contributed by atoms with Crippen molar-refractivity contribution >= 4 is 17.0 Å². The molecule has 0 bridgehead atoms. The fourth-order valence-electron chi connectivity index (χ4n) is 1.69. The van der Waals surface area contributed by atoms with Gasteiger partial charge in [0.25, 0.3) is 0 Å². The van der Waals surface area contributed by atoms with Crippen molar-refractivity contribution in [2.75, 3.05) is 11.9 Å². The number of nitrogens with one attached hydrogen (secondary N) is 2. The maximum atomic E-state index is 5.71. The lowest BCUT2D eigenvalue weighted by molar-refractivity contribution is 0.529. The van der Waals surface area contributed by atoms with Crippen molar-refractivity contribution < 1.29 is 0 Å². The molecule has 0 aliphatic heterocycles. The highest BCUT2D eigenvalue weighted by Crippen LogP contribution is 2.15. The number of fused-ring (bicyclic) bond motifs is 1. The predicted octanol–water partition coefficient (Wildman–Crippen LogP) is 1.96. The average molecular weight is 218 g/mol. The Morgan fingerprint density at radius 2 is 2.12 bits per heavy atom. The van der Waals surface area contributed by atoms with Crippen LogP contribution in [0.5, 0.6) is 0 Å². The van der Waals surface area contributed by atoms with E-state index in [1.165, 1.54) is 0 Å². The number of nitrogens with zero attached hydrogens (tertiary/aromatic N) is 1. The fourth-order valence-corrected chi connectivity index (χ4v) is 1.69. The Bertz CT molecular complexity index is 428. The van der Waals surface area contributed by atoms with Crippen molar-refractivity contribution in [2.24, 2.45) is 11.7 Å². The zero-order valence-electron chi connectivity index (χ0n) is 9.70. The number of para-hydroxylation sites is 2. The summed E-state index contributed by atoms with van der Waals surface area (Å²) in [6, 6.07) is 8.23. The van der Waals surface area contributed by atoms with Gasteiger partial charge in [0, 0.05) is 12.6 Å². The minimum atomic E-state index is 0.251. The molecule has 86 valence electrons. The average Bonchev–Trinajstić information content (AvgIpc) is 2.67. The van der Waals surface area contributed by atoms with Crippen LogP contribution in [0, 0.1) is 5.92 Å². The van der Waals surface area contributed by atoms with E-state index in [-0.39, 0.29) is 6.04 Å². The van der Waals surface area contributed by atoms with Gasteiger partial charge in [0.15, 0.2) is 0 Å². The van der Waals surface area contributed by atoms with E-state index in [0.29, 0.717) is 12.5 Å². The summed E-state index contributed by atoms with van der Waals surface area (Å²) in [6.07, 6.45) is 0. The molecule has 4 N–H and O–H groups in total. The van der Waals surface area contributed by atoms with Gasteiger partial charge < -0.3 is 16.0 Å². The van der Waals surface area contributed by atoms with Crippen LogP contribution in [0.1, 0.15) is 13.8 Å². The first-order chi connectivity index (χ1) is 7.70. The van der Waals surface area contributed by atoms with Gasteiger partial charge in [-0.05, 0) is 18.1 Å². The number of hydrogen-bond donors (Lipinski definition) is 3. The van der Waals surface area contributed by atoms with Crippen LogP contribution in [0.2, 0.25) is 0 Å². The number of rotatable bonds is 4. The van der Waals surface area contributed by atoms with Gasteiger partial charge in [-0.25, -0.2) is 4.98 Å². The summed E-state index contributed by atoms with van der Waals surface area (Å²) in [5.74, 6) is 1.28. The Morgan fingerprint density at radius 1 is 1.38 bits per heavy atom. The molecule has 1 heterocycles. The van der Waals surface area contributed by atoms with Gasteiger partial charge in [0.2, 0.25) is 5.95 Å². The van der Waals surface area contributed by atoms with Crippen LogP contribution in [0.25, 0.3) is 11.0 Å². The van der Waals surface area contributed by atoms with Crippen molar-refractivity contribution in [1.29, 1.82) is 0 Å². The Labute approximate surface area is 95.3 Å². The van der Waals surface area contributed by atoms with Gasteiger partial charge in [-0.2, -0.15) is 0 Å². The normalized spacial score (nSPS) is 13.2. The Kier molecular flexibility index (Phi) is 3.10. The van der Waals surface area contributed by atoms with E-state index in [0.717, 1.165) is 17.0 Å². The summed E-state index contributed by atoms with van der Waals surface area (Å²) in [5.41, 5.74) is 7.73. The van der Waals surface area contributed by atoms with E-state index in [2.05, 4.69) is 29.1 Å². The van der Waals surface area contributed by atoms with Crippen LogP contribution in [0.15, 0.2) is 24.3 Å². The second kappa shape index (κ2) is 4.53. The summed E-state index contributed by atoms with van der Waals surface area (Å²) >= 11 is 0. The third-order valence-electron chi connectivity index (χ3n) is 2.77. The minimum Gasteiger partial charge on any atom is -0.352 e. The highest BCUT2D eigenvalue weighted by Gasteiger charge is 2.12. The largest absolute Gasteiger partial charge is 0.352 e. The first-order valence-corrected chi connectivity index (χ1v) is 5.62. The number of anilines is 1. The summed E-state index contributed by atoms with van der Waals surface area (Å²) < 4.78 is 0. The topological polar surface area (TPSA) is 66.7 Å². The lowest BCUT2D eigenvalue weighted by Crippen LogP contribution is -2.34. The maximum absolute atomic E-state index is 5.71. The second-order valence-corrected chi connectivity index (χ2v) is 4.33. The van der Waals surface area contributed by atoms with E-state index in [1.54, 1.807) is 0 Å². The SMILES string of the molecule is CC(C)C(CN)Nc1nc2ccccc2[nH]1. The first kappa shape index (κ1) is 11.0. The molecule has 0 aliphatic rings. The van der Waals surface area contributed by atoms with Crippen molar-refractivity contribution in [1.82, 2.24) is 9.97 Å². The summed E-state index contributed by atoms with van der Waals surface area (Å²) in [4.78, 5) is 7.70. The number of aromatic nitrogens is 2. The number of H-pyrrole nitrogens is 1. The van der Waals surface area contributed by atoms with E-state index < -0.39 is 0 Å². The lowest BCUT2D eigenvalue weighted by Gasteiger charge is -2.19. The van der Waals surface area contributed by atoms with Crippen LogP contribution in [0.3, 0.4) is 0 Å². The molecule has 0 aliphatic carbocycles. The molecule has 16 heavy (non-hydrogen) atoms. The molecular weight excluding hydrogens is 200 g/mol. The van der Waals surface area contributed by atoms with Gasteiger partial charge in [-0.15, -0.1) is 0 Å². The molecular formula is C12H18N4. The third-order valence-corrected chi connectivity index (χ3v) is 2.77. The van der Waals surface area contributed by atoms with Crippen molar-refractivity contribution in [3.05, 3.63) is 24.3 Å². The van der Waals surface area contributed by atoms with E-state index in [9.17, 15) is 0 Å². The molecule has 1 aromatic heterocycles. The van der Waals surface area contributed by atoms with E-state index in [1.807, 2.05) is 24.3 Å². The Balaban J connectivity index is 2.20. The molecule has 0 saturated carbocycles. The number of benzene rings is 1. The molecule has 2 aromatic rings. The lowest BCUT2D eigenvalue weighted by atomic mass is 10.1. The molecule has 4 heteroatoms. The van der Waals surface area contributed by atoms with Crippen molar-refractivity contribution in [3.63, 3.8) is 0 Å². The molecule has 1 aromatic carbocycles. The maximum Gasteiger partial charge on any atom is 0.201 e. The number of imidazole rings is 1. The Morgan fingerprint density at radius 3 is 2.75 bits per heavy atom. The van der Waals surface area contributed by atoms with Gasteiger partial charge in [-0.3, -0.25) is 0 Å². The van der Waals surface area contributed by atoms with Gasteiger partial charge in [-0.1, -0.05) is 26.0 Å². The minimum absolute atomic E-state index is 0.251. The van der Waals surface area contributed by atoms with Crippen LogP contribution < -0.4 is 11.1 Å². The molecule has 0 saturated heterocycles. The quantitative estimate of drug-likeness (QED) is 0.735. The molecule has 2 rings (SSSR count). The van der Waals surface area contributed by atoms with Crippen LogP contribution >= 0.6 is 0 Å². The smallest absolute Gasteiger partial charge is 0.201 e. The zero-order valence-corrected chi connectivity index (χ0v) is 9.70. The summed E-state index contributed by atoms with van der Waals surface area (Å²) in [7, 11) is 0. The number of hydrogen-bond acceptors (Lipinski definition) is 3. The van der Waals surface area contributed by atoms with Gasteiger partial charge in [0.05, 0.1) is 11.0 Å². The van der Waals surface area contributed by atoms with Gasteiger partial charge >= 0.3 is 0 Å². The van der Waals surface area contributed by atoms with Crippen molar-refractivity contribution in [3.8, 4) is 0 Å². The second-order valence-electron chi connectivity index (χ2n) is 4.33. The number of aromatic amines is 1. The van der Waals surface area contributed by atoms with E-state index in [4.69, 9.17) is 5.73 Å². The Hall–Kier alpha value is -1.55. The monoisotopic (exact) mass is 218 g/mol. The number of nitrogens with two attached hydrogens (primary N) is 1. The molecule has 0 amide bonds.